The maximum Gasteiger partial charge on any atom is 0.159 e. The van der Waals surface area contributed by atoms with Crippen molar-refractivity contribution < 1.29 is 4.74 Å². The second kappa shape index (κ2) is 10.7. The Kier molecular flexibility index (Phi) is 6.27. The highest BCUT2D eigenvalue weighted by molar-refractivity contribution is 5.97. The second-order valence-corrected chi connectivity index (χ2v) is 15.0. The number of benzene rings is 7. The Balaban J connectivity index is 1.10. The third kappa shape index (κ3) is 4.24. The van der Waals surface area contributed by atoms with Gasteiger partial charge in [0.25, 0.3) is 0 Å². The first-order valence-corrected chi connectivity index (χ1v) is 17.9. The zero-order chi connectivity index (χ0) is 34.5. The largest absolute Gasteiger partial charge is 0.452 e. The normalized spacial score (nSPS) is 15.1. The van der Waals surface area contributed by atoms with Crippen molar-refractivity contribution in [3.63, 3.8) is 0 Å². The lowest BCUT2D eigenvalue weighted by atomic mass is 9.72. The van der Waals surface area contributed by atoms with Crippen molar-refractivity contribution in [3.05, 3.63) is 180 Å². The molecule has 0 fully saturated rings. The Morgan fingerprint density at radius 2 is 1.04 bits per heavy atom. The van der Waals surface area contributed by atoms with E-state index in [-0.39, 0.29) is 10.8 Å². The van der Waals surface area contributed by atoms with Crippen LogP contribution in [-0.2, 0) is 10.8 Å². The summed E-state index contributed by atoms with van der Waals surface area (Å²) in [5, 5.41) is 0. The van der Waals surface area contributed by atoms with Crippen molar-refractivity contribution in [2.45, 2.75) is 38.5 Å². The molecule has 246 valence electrons. The van der Waals surface area contributed by atoms with E-state index in [0.717, 1.165) is 51.1 Å². The van der Waals surface area contributed by atoms with E-state index in [1.807, 2.05) is 0 Å². The number of rotatable bonds is 4. The van der Waals surface area contributed by atoms with Gasteiger partial charge in [-0.05, 0) is 93.5 Å². The van der Waals surface area contributed by atoms with Gasteiger partial charge in [-0.3, -0.25) is 0 Å². The fraction of sp³-hybridized carbons (Fsp3) is 0.125. The van der Waals surface area contributed by atoms with Gasteiger partial charge >= 0.3 is 0 Å². The average molecular weight is 659 g/mol. The minimum absolute atomic E-state index is 0.0798. The highest BCUT2D eigenvalue weighted by atomic mass is 16.5. The quantitative estimate of drug-likeness (QED) is 0.187. The van der Waals surface area contributed by atoms with Crippen LogP contribution in [0.15, 0.2) is 158 Å². The molecule has 51 heavy (non-hydrogen) atoms. The van der Waals surface area contributed by atoms with Gasteiger partial charge in [-0.25, -0.2) is 0 Å². The SMILES string of the molecule is CC1(C)c2ccccc2-c2ccc(N(c3ccccc3)c3ccc(-c4ccc5c6c4Oc4ccccc4N6c4ccccc4C5(C)C)cc3)cc21. The van der Waals surface area contributed by atoms with Gasteiger partial charge < -0.3 is 14.5 Å². The lowest BCUT2D eigenvalue weighted by Gasteiger charge is -2.45. The van der Waals surface area contributed by atoms with Crippen molar-refractivity contribution in [2.24, 2.45) is 0 Å². The predicted octanol–water partition coefficient (Wildman–Crippen LogP) is 13.3. The number of hydrogen-bond acceptors (Lipinski definition) is 3. The van der Waals surface area contributed by atoms with E-state index in [0.29, 0.717) is 0 Å². The summed E-state index contributed by atoms with van der Waals surface area (Å²) in [6.07, 6.45) is 0. The molecule has 0 N–H and O–H groups in total. The Morgan fingerprint density at radius 1 is 0.451 bits per heavy atom. The molecular weight excluding hydrogens is 621 g/mol. The van der Waals surface area contributed by atoms with Gasteiger partial charge in [-0.15, -0.1) is 0 Å². The van der Waals surface area contributed by atoms with Gasteiger partial charge in [0, 0.05) is 33.5 Å². The molecule has 3 nitrogen and oxygen atoms in total. The lowest BCUT2D eigenvalue weighted by Crippen LogP contribution is -2.32. The number of hydrogen-bond donors (Lipinski definition) is 0. The number of anilines is 6. The van der Waals surface area contributed by atoms with Crippen LogP contribution in [0.25, 0.3) is 22.3 Å². The molecule has 0 amide bonds. The molecule has 0 unspecified atom stereocenters. The molecule has 0 saturated heterocycles. The maximum absolute atomic E-state index is 6.87. The van der Waals surface area contributed by atoms with E-state index in [2.05, 4.69) is 195 Å². The van der Waals surface area contributed by atoms with Crippen LogP contribution < -0.4 is 14.5 Å². The average Bonchev–Trinajstić information content (AvgIpc) is 3.39. The van der Waals surface area contributed by atoms with Gasteiger partial charge in [0.15, 0.2) is 11.5 Å². The summed E-state index contributed by atoms with van der Waals surface area (Å²) in [4.78, 5) is 4.78. The topological polar surface area (TPSA) is 15.7 Å². The van der Waals surface area contributed by atoms with E-state index < -0.39 is 0 Å². The molecule has 10 rings (SSSR count). The maximum atomic E-state index is 6.87. The van der Waals surface area contributed by atoms with Crippen LogP contribution in [0.2, 0.25) is 0 Å². The molecule has 7 aromatic carbocycles. The second-order valence-electron chi connectivity index (χ2n) is 15.0. The lowest BCUT2D eigenvalue weighted by molar-refractivity contribution is 0.473. The Labute approximate surface area is 300 Å². The van der Waals surface area contributed by atoms with Crippen LogP contribution in [0.1, 0.15) is 49.9 Å². The van der Waals surface area contributed by atoms with Crippen LogP contribution in [0.5, 0.6) is 11.5 Å². The summed E-state index contributed by atoms with van der Waals surface area (Å²) >= 11 is 0. The first-order chi connectivity index (χ1) is 24.8. The fourth-order valence-corrected chi connectivity index (χ4v) is 8.82. The zero-order valence-electron chi connectivity index (χ0n) is 29.3. The molecule has 1 aliphatic carbocycles. The highest BCUT2D eigenvalue weighted by Crippen LogP contribution is 2.61. The molecule has 0 atom stereocenters. The molecule has 0 aromatic heterocycles. The van der Waals surface area contributed by atoms with Crippen LogP contribution in [-0.4, -0.2) is 0 Å². The molecule has 3 heteroatoms. The van der Waals surface area contributed by atoms with Crippen molar-refractivity contribution in [1.82, 2.24) is 0 Å². The van der Waals surface area contributed by atoms with Gasteiger partial charge in [0.2, 0.25) is 0 Å². The van der Waals surface area contributed by atoms with Crippen molar-refractivity contribution in [1.29, 1.82) is 0 Å². The highest BCUT2D eigenvalue weighted by Gasteiger charge is 2.42. The fourth-order valence-electron chi connectivity index (χ4n) is 8.82. The Bertz CT molecular complexity index is 2510. The molecule has 7 aromatic rings. The number of fused-ring (bicyclic) bond motifs is 7. The summed E-state index contributed by atoms with van der Waals surface area (Å²) in [5.41, 5.74) is 16.7. The summed E-state index contributed by atoms with van der Waals surface area (Å²) in [6.45, 7) is 9.33. The molecular formula is C48H38N2O. The molecule has 0 bridgehead atoms. The summed E-state index contributed by atoms with van der Waals surface area (Å²) in [6, 6.07) is 57.2. The van der Waals surface area contributed by atoms with Gasteiger partial charge in [-0.2, -0.15) is 0 Å². The first kappa shape index (κ1) is 29.8. The molecule has 0 saturated carbocycles. The summed E-state index contributed by atoms with van der Waals surface area (Å²) < 4.78 is 6.87. The van der Waals surface area contributed by atoms with Crippen molar-refractivity contribution >= 4 is 34.1 Å². The minimum atomic E-state index is -0.183. The molecule has 3 aliphatic rings. The third-order valence-electron chi connectivity index (χ3n) is 11.4. The molecule has 2 heterocycles. The first-order valence-electron chi connectivity index (χ1n) is 17.9. The Hall–Kier alpha value is -6.06. The van der Waals surface area contributed by atoms with E-state index in [1.54, 1.807) is 0 Å². The number of para-hydroxylation sites is 4. The van der Waals surface area contributed by atoms with Crippen LogP contribution >= 0.6 is 0 Å². The molecule has 0 radical (unpaired) electrons. The number of ether oxygens (including phenoxy) is 1. The van der Waals surface area contributed by atoms with E-state index in [4.69, 9.17) is 4.74 Å². The molecule has 2 aliphatic heterocycles. The predicted molar refractivity (Wildman–Crippen MR) is 211 cm³/mol. The zero-order valence-corrected chi connectivity index (χ0v) is 29.3. The van der Waals surface area contributed by atoms with Crippen molar-refractivity contribution in [2.75, 3.05) is 9.80 Å². The summed E-state index contributed by atoms with van der Waals surface area (Å²) in [5.74, 6) is 1.77. The van der Waals surface area contributed by atoms with E-state index >= 15 is 0 Å². The van der Waals surface area contributed by atoms with Crippen LogP contribution in [0.3, 0.4) is 0 Å². The van der Waals surface area contributed by atoms with Crippen LogP contribution in [0.4, 0.5) is 34.1 Å². The van der Waals surface area contributed by atoms with Gasteiger partial charge in [-0.1, -0.05) is 131 Å². The van der Waals surface area contributed by atoms with E-state index in [1.165, 1.54) is 39.1 Å². The minimum Gasteiger partial charge on any atom is -0.452 e. The molecule has 0 spiro atoms. The summed E-state index contributed by atoms with van der Waals surface area (Å²) in [7, 11) is 0. The monoisotopic (exact) mass is 658 g/mol. The van der Waals surface area contributed by atoms with Crippen LogP contribution in [0, 0.1) is 0 Å². The van der Waals surface area contributed by atoms with Gasteiger partial charge in [0.05, 0.1) is 17.1 Å². The smallest absolute Gasteiger partial charge is 0.159 e. The van der Waals surface area contributed by atoms with E-state index in [9.17, 15) is 0 Å². The third-order valence-corrected chi connectivity index (χ3v) is 11.4. The number of nitrogens with zero attached hydrogens (tertiary/aromatic N) is 2. The van der Waals surface area contributed by atoms with Gasteiger partial charge in [0.1, 0.15) is 0 Å². The Morgan fingerprint density at radius 3 is 1.84 bits per heavy atom. The standard InChI is InChI=1S/C48H38N2O/c1-47(2)38-17-9-8-16-36(38)37-27-26-34(30-41(37)47)49(32-14-6-5-7-15-32)33-24-22-31(23-25-33)35-28-29-40-45-46(35)51-44-21-13-12-20-43(44)50(45)42-19-11-10-18-39(42)48(40,3)4/h5-30H,1-4H3. The van der Waals surface area contributed by atoms with Crippen molar-refractivity contribution in [3.8, 4) is 33.8 Å².